The van der Waals surface area contributed by atoms with Gasteiger partial charge in [-0.2, -0.15) is 10.4 Å². The lowest BCUT2D eigenvalue weighted by Crippen LogP contribution is -2.21. The van der Waals surface area contributed by atoms with Crippen molar-refractivity contribution in [2.24, 2.45) is 10.8 Å². The molecule has 0 radical (unpaired) electrons. The first-order chi connectivity index (χ1) is 7.95. The van der Waals surface area contributed by atoms with E-state index in [1.807, 2.05) is 0 Å². The molecule has 0 bridgehead atoms. The molecule has 0 aliphatic carbocycles. The molecule has 0 saturated carbocycles. The topological polar surface area (TPSA) is 98.0 Å². The van der Waals surface area contributed by atoms with Crippen molar-refractivity contribution in [2.45, 2.75) is 0 Å². The molecule has 0 amide bonds. The average molecular weight is 335 g/mol. The van der Waals surface area contributed by atoms with Gasteiger partial charge in [-0.15, -0.1) is 0 Å². The van der Waals surface area contributed by atoms with Crippen LogP contribution in [0.2, 0.25) is 10.0 Å². The summed E-state index contributed by atoms with van der Waals surface area (Å²) in [5.41, 5.74) is 7.72. The van der Waals surface area contributed by atoms with E-state index in [-0.39, 0.29) is 5.71 Å². The number of hydrogen-bond acceptors (Lipinski definition) is 4. The molecule has 8 heteroatoms. The second-order valence-electron chi connectivity index (χ2n) is 2.84. The molecule has 0 atom stereocenters. The zero-order valence-electron chi connectivity index (χ0n) is 8.26. The molecule has 0 fully saturated rings. The third kappa shape index (κ3) is 3.60. The summed E-state index contributed by atoms with van der Waals surface area (Å²) in [4.78, 5) is 0. The molecule has 1 aromatic rings. The van der Waals surface area contributed by atoms with Gasteiger partial charge in [0.2, 0.25) is 5.71 Å². The predicted octanol–water partition coefficient (Wildman–Crippen LogP) is 2.98. The maximum atomic E-state index is 8.64. The lowest BCUT2D eigenvalue weighted by atomic mass is 10.3. The minimum atomic E-state index is -0.440. The van der Waals surface area contributed by atoms with Crippen molar-refractivity contribution in [1.29, 1.82) is 10.7 Å². The maximum Gasteiger partial charge on any atom is 0.201 e. The lowest BCUT2D eigenvalue weighted by molar-refractivity contribution is 1.33. The van der Waals surface area contributed by atoms with Crippen molar-refractivity contribution in [2.75, 3.05) is 5.43 Å². The Hall–Kier alpha value is -1.29. The maximum absolute atomic E-state index is 8.64. The molecular weight excluding hydrogens is 329 g/mol. The minimum absolute atomic E-state index is 0.250. The first-order valence-electron chi connectivity index (χ1n) is 4.18. The first kappa shape index (κ1) is 13.8. The number of hydrazone groups is 1. The van der Waals surface area contributed by atoms with Crippen LogP contribution >= 0.6 is 39.1 Å². The van der Waals surface area contributed by atoms with Crippen LogP contribution in [0.3, 0.4) is 0 Å². The molecule has 0 unspecified atom stereocenters. The largest absolute Gasteiger partial charge is 0.382 e. The van der Waals surface area contributed by atoms with E-state index >= 15 is 0 Å². The van der Waals surface area contributed by atoms with Gasteiger partial charge in [-0.05, 0) is 12.1 Å². The van der Waals surface area contributed by atoms with Crippen molar-refractivity contribution in [3.05, 3.63) is 26.7 Å². The molecule has 88 valence electrons. The Balaban J connectivity index is 3.05. The zero-order valence-corrected chi connectivity index (χ0v) is 11.4. The van der Waals surface area contributed by atoms with Gasteiger partial charge in [-0.1, -0.05) is 39.1 Å². The number of halogens is 3. The Morgan fingerprint density at radius 1 is 1.47 bits per heavy atom. The highest BCUT2D eigenvalue weighted by Gasteiger charge is 2.08. The molecule has 0 aliphatic rings. The third-order valence-electron chi connectivity index (χ3n) is 1.65. The fourth-order valence-electron chi connectivity index (χ4n) is 0.906. The number of anilines is 1. The van der Waals surface area contributed by atoms with E-state index in [9.17, 15) is 0 Å². The third-order valence-corrected chi connectivity index (χ3v) is 2.70. The highest BCUT2D eigenvalue weighted by atomic mass is 79.9. The summed E-state index contributed by atoms with van der Waals surface area (Å²) in [6.45, 7) is 0. The van der Waals surface area contributed by atoms with Gasteiger partial charge in [0.05, 0.1) is 15.7 Å². The zero-order chi connectivity index (χ0) is 13.0. The Labute approximate surface area is 116 Å². The number of hydrogen-bond donors (Lipinski definition) is 3. The molecule has 5 nitrogen and oxygen atoms in total. The molecule has 4 N–H and O–H groups in total. The van der Waals surface area contributed by atoms with Gasteiger partial charge in [0, 0.05) is 4.47 Å². The minimum Gasteiger partial charge on any atom is -0.382 e. The lowest BCUT2D eigenvalue weighted by Gasteiger charge is -2.06. The summed E-state index contributed by atoms with van der Waals surface area (Å²) in [5.74, 6) is -0.440. The number of benzene rings is 1. The normalized spacial score (nSPS) is 10.8. The van der Waals surface area contributed by atoms with Crippen molar-refractivity contribution >= 4 is 56.4 Å². The van der Waals surface area contributed by atoms with E-state index in [1.54, 1.807) is 18.2 Å². The van der Waals surface area contributed by atoms with Gasteiger partial charge in [0.15, 0.2) is 5.84 Å². The van der Waals surface area contributed by atoms with E-state index in [4.69, 9.17) is 39.6 Å². The van der Waals surface area contributed by atoms with E-state index in [2.05, 4.69) is 26.5 Å². The average Bonchev–Trinajstić information content (AvgIpc) is 2.21. The van der Waals surface area contributed by atoms with Crippen LogP contribution in [0.5, 0.6) is 0 Å². The Morgan fingerprint density at radius 2 is 2.00 bits per heavy atom. The summed E-state index contributed by atoms with van der Waals surface area (Å²) in [6.07, 6.45) is 0. The standard InChI is InChI=1S/C9H6BrCl2N5/c10-4-1-5(11)8(6(12)2-4)17-16-7(3-13)9(14)15/h1-2,17H,(H3,14,15)/b16-7+. The molecule has 17 heavy (non-hydrogen) atoms. The van der Waals surface area contributed by atoms with Crippen LogP contribution in [0.15, 0.2) is 21.7 Å². The number of nitrogens with one attached hydrogen (secondary N) is 2. The molecule has 0 aliphatic heterocycles. The van der Waals surface area contributed by atoms with Gasteiger partial charge in [-0.3, -0.25) is 10.8 Å². The van der Waals surface area contributed by atoms with Crippen LogP contribution in [0.1, 0.15) is 0 Å². The molecule has 1 aromatic carbocycles. The molecular formula is C9H6BrCl2N5. The first-order valence-corrected chi connectivity index (χ1v) is 5.73. The summed E-state index contributed by atoms with van der Waals surface area (Å²) in [5, 5.41) is 20.0. The Bertz CT molecular complexity index is 512. The predicted molar refractivity (Wildman–Crippen MR) is 72.7 cm³/mol. The van der Waals surface area contributed by atoms with Crippen LogP contribution < -0.4 is 11.2 Å². The number of nitrogens with zero attached hydrogens (tertiary/aromatic N) is 2. The van der Waals surface area contributed by atoms with Crippen molar-refractivity contribution in [1.82, 2.24) is 0 Å². The Kier molecular flexibility index (Phi) is 4.75. The quantitative estimate of drug-likeness (QED) is 0.450. The second kappa shape index (κ2) is 5.87. The highest BCUT2D eigenvalue weighted by Crippen LogP contribution is 2.33. The van der Waals surface area contributed by atoms with Crippen LogP contribution in [0.4, 0.5) is 5.69 Å². The van der Waals surface area contributed by atoms with Crippen molar-refractivity contribution in [3.8, 4) is 6.07 Å². The van der Waals surface area contributed by atoms with E-state index in [0.29, 0.717) is 20.2 Å². The summed E-state index contributed by atoms with van der Waals surface area (Å²) >= 11 is 15.1. The van der Waals surface area contributed by atoms with Crippen molar-refractivity contribution < 1.29 is 0 Å². The SMILES string of the molecule is N#C/C(=N\Nc1c(Cl)cc(Br)cc1Cl)C(=N)N. The summed E-state index contributed by atoms with van der Waals surface area (Å²) in [7, 11) is 0. The molecule has 1 rings (SSSR count). The second-order valence-corrected chi connectivity index (χ2v) is 4.57. The van der Waals surface area contributed by atoms with E-state index in [1.165, 1.54) is 0 Å². The van der Waals surface area contributed by atoms with Gasteiger partial charge in [-0.25, -0.2) is 0 Å². The van der Waals surface area contributed by atoms with Gasteiger partial charge >= 0.3 is 0 Å². The molecule has 0 aromatic heterocycles. The summed E-state index contributed by atoms with van der Waals surface area (Å²) in [6, 6.07) is 4.90. The number of amidine groups is 1. The fourth-order valence-corrected chi connectivity index (χ4v) is 2.20. The molecule has 0 spiro atoms. The van der Waals surface area contributed by atoms with Crippen molar-refractivity contribution in [3.63, 3.8) is 0 Å². The number of rotatable bonds is 3. The smallest absolute Gasteiger partial charge is 0.201 e. The number of nitrogens with two attached hydrogens (primary N) is 1. The monoisotopic (exact) mass is 333 g/mol. The summed E-state index contributed by atoms with van der Waals surface area (Å²) < 4.78 is 0.717. The number of nitriles is 1. The fraction of sp³-hybridized carbons (Fsp3) is 0. The van der Waals surface area contributed by atoms with Crippen LogP contribution in [-0.4, -0.2) is 11.5 Å². The van der Waals surface area contributed by atoms with Gasteiger partial charge in [0.25, 0.3) is 0 Å². The molecule has 0 saturated heterocycles. The van der Waals surface area contributed by atoms with Crippen LogP contribution in [0.25, 0.3) is 0 Å². The highest BCUT2D eigenvalue weighted by molar-refractivity contribution is 9.10. The van der Waals surface area contributed by atoms with E-state index < -0.39 is 5.84 Å². The molecule has 0 heterocycles. The van der Waals surface area contributed by atoms with Gasteiger partial charge in [0.1, 0.15) is 6.07 Å². The van der Waals surface area contributed by atoms with Crippen LogP contribution in [-0.2, 0) is 0 Å². The van der Waals surface area contributed by atoms with E-state index in [0.717, 1.165) is 0 Å². The van der Waals surface area contributed by atoms with Crippen LogP contribution in [0, 0.1) is 16.7 Å². The Morgan fingerprint density at radius 3 is 2.41 bits per heavy atom. The van der Waals surface area contributed by atoms with Gasteiger partial charge < -0.3 is 5.73 Å².